The van der Waals surface area contributed by atoms with Crippen molar-refractivity contribution in [1.29, 1.82) is 0 Å². The number of carbonyl (C=O) groups excluding carboxylic acids is 1. The molecule has 7 nitrogen and oxygen atoms in total. The van der Waals surface area contributed by atoms with Gasteiger partial charge in [-0.3, -0.25) is 14.8 Å². The van der Waals surface area contributed by atoms with Crippen LogP contribution in [0.2, 0.25) is 0 Å². The summed E-state index contributed by atoms with van der Waals surface area (Å²) < 4.78 is 6.23. The van der Waals surface area contributed by atoms with Crippen LogP contribution in [-0.2, 0) is 16.1 Å². The summed E-state index contributed by atoms with van der Waals surface area (Å²) in [6.45, 7) is -0.00770. The van der Waals surface area contributed by atoms with E-state index in [-0.39, 0.29) is 12.5 Å². The van der Waals surface area contributed by atoms with Crippen LogP contribution in [0.3, 0.4) is 0 Å². The highest BCUT2D eigenvalue weighted by molar-refractivity contribution is 5.70. The number of esters is 1. The Morgan fingerprint density at radius 2 is 1.64 bits per heavy atom. The summed E-state index contributed by atoms with van der Waals surface area (Å²) in [5.74, 6) is 0.721. The number of pyridine rings is 2. The third-order valence-corrected chi connectivity index (χ3v) is 3.06. The number of hydrogen-bond donors (Lipinski definition) is 0. The zero-order valence-corrected chi connectivity index (χ0v) is 11.9. The normalized spacial score (nSPS) is 10.4. The number of nitrogens with zero attached hydrogens (tertiary/aromatic N) is 5. The molecule has 0 radical (unpaired) electrons. The van der Waals surface area contributed by atoms with Crippen LogP contribution in [0.25, 0.3) is 22.8 Å². The Morgan fingerprint density at radius 3 is 2.23 bits per heavy atom. The SMILES string of the molecule is COC(=O)Cn1nc(-c2ccncc2)nc1-c1ccncc1. The van der Waals surface area contributed by atoms with Crippen molar-refractivity contribution in [1.82, 2.24) is 24.7 Å². The lowest BCUT2D eigenvalue weighted by molar-refractivity contribution is -0.141. The molecule has 0 amide bonds. The fraction of sp³-hybridized carbons (Fsp3) is 0.133. The van der Waals surface area contributed by atoms with Crippen molar-refractivity contribution in [2.24, 2.45) is 0 Å². The molecule has 0 aliphatic rings. The van der Waals surface area contributed by atoms with Crippen molar-refractivity contribution in [3.8, 4) is 22.8 Å². The molecule has 3 rings (SSSR count). The molecule has 3 aromatic heterocycles. The second-order valence-electron chi connectivity index (χ2n) is 4.46. The van der Waals surface area contributed by atoms with Gasteiger partial charge in [0, 0.05) is 35.9 Å². The van der Waals surface area contributed by atoms with Crippen molar-refractivity contribution in [2.45, 2.75) is 6.54 Å². The summed E-state index contributed by atoms with van der Waals surface area (Å²) in [7, 11) is 1.34. The molecule has 0 spiro atoms. The number of ether oxygens (including phenoxy) is 1. The van der Waals surface area contributed by atoms with Gasteiger partial charge in [-0.05, 0) is 24.3 Å². The smallest absolute Gasteiger partial charge is 0.327 e. The summed E-state index contributed by atoms with van der Waals surface area (Å²) in [5.41, 5.74) is 1.65. The maximum absolute atomic E-state index is 11.6. The minimum atomic E-state index is -0.388. The van der Waals surface area contributed by atoms with E-state index in [1.807, 2.05) is 24.3 Å². The van der Waals surface area contributed by atoms with Crippen LogP contribution in [0.1, 0.15) is 0 Å². The van der Waals surface area contributed by atoms with Gasteiger partial charge in [-0.1, -0.05) is 0 Å². The second-order valence-corrected chi connectivity index (χ2v) is 4.46. The molecule has 3 heterocycles. The largest absolute Gasteiger partial charge is 0.468 e. The van der Waals surface area contributed by atoms with Crippen LogP contribution < -0.4 is 0 Å². The van der Waals surface area contributed by atoms with Gasteiger partial charge in [-0.25, -0.2) is 9.67 Å². The molecule has 22 heavy (non-hydrogen) atoms. The molecule has 0 N–H and O–H groups in total. The van der Waals surface area contributed by atoms with Crippen LogP contribution in [0, 0.1) is 0 Å². The fourth-order valence-electron chi connectivity index (χ4n) is 1.98. The maximum atomic E-state index is 11.6. The zero-order chi connectivity index (χ0) is 15.4. The monoisotopic (exact) mass is 295 g/mol. The Balaban J connectivity index is 2.07. The highest BCUT2D eigenvalue weighted by atomic mass is 16.5. The van der Waals surface area contributed by atoms with E-state index in [1.54, 1.807) is 24.8 Å². The van der Waals surface area contributed by atoms with Gasteiger partial charge < -0.3 is 4.74 Å². The molecule has 3 aromatic rings. The van der Waals surface area contributed by atoms with E-state index < -0.39 is 0 Å². The standard InChI is InChI=1S/C15H13N5O2/c1-22-13(21)10-20-15(12-4-8-17-9-5-12)18-14(19-20)11-2-6-16-7-3-11/h2-9H,10H2,1H3. The number of rotatable bonds is 4. The quantitative estimate of drug-likeness (QED) is 0.679. The summed E-state index contributed by atoms with van der Waals surface area (Å²) in [6.07, 6.45) is 6.67. The van der Waals surface area contributed by atoms with E-state index in [2.05, 4.69) is 20.1 Å². The third-order valence-electron chi connectivity index (χ3n) is 3.06. The van der Waals surface area contributed by atoms with E-state index in [0.29, 0.717) is 11.6 Å². The van der Waals surface area contributed by atoms with Crippen molar-refractivity contribution < 1.29 is 9.53 Å². The molecule has 0 unspecified atom stereocenters. The molecular formula is C15H13N5O2. The highest BCUT2D eigenvalue weighted by Crippen LogP contribution is 2.21. The van der Waals surface area contributed by atoms with E-state index in [0.717, 1.165) is 11.1 Å². The molecule has 0 aliphatic carbocycles. The first-order valence-corrected chi connectivity index (χ1v) is 6.60. The van der Waals surface area contributed by atoms with Gasteiger partial charge in [0.15, 0.2) is 11.6 Å². The maximum Gasteiger partial charge on any atom is 0.327 e. The van der Waals surface area contributed by atoms with Gasteiger partial charge in [0.2, 0.25) is 0 Å². The summed E-state index contributed by atoms with van der Waals surface area (Å²) in [4.78, 5) is 24.1. The van der Waals surface area contributed by atoms with Crippen molar-refractivity contribution in [3.05, 3.63) is 49.1 Å². The molecule has 0 saturated carbocycles. The molecule has 0 fully saturated rings. The van der Waals surface area contributed by atoms with E-state index in [1.165, 1.54) is 11.8 Å². The lowest BCUT2D eigenvalue weighted by atomic mass is 10.2. The molecule has 0 atom stereocenters. The van der Waals surface area contributed by atoms with E-state index >= 15 is 0 Å². The number of carbonyl (C=O) groups is 1. The minimum absolute atomic E-state index is 0.00770. The van der Waals surface area contributed by atoms with Crippen LogP contribution >= 0.6 is 0 Å². The highest BCUT2D eigenvalue weighted by Gasteiger charge is 2.15. The van der Waals surface area contributed by atoms with Crippen LogP contribution in [0.15, 0.2) is 49.1 Å². The van der Waals surface area contributed by atoms with Crippen molar-refractivity contribution in [3.63, 3.8) is 0 Å². The summed E-state index contributed by atoms with van der Waals surface area (Å²) >= 11 is 0. The molecule has 110 valence electrons. The zero-order valence-electron chi connectivity index (χ0n) is 11.9. The van der Waals surface area contributed by atoms with Gasteiger partial charge >= 0.3 is 5.97 Å². The lowest BCUT2D eigenvalue weighted by Gasteiger charge is -2.03. The summed E-state index contributed by atoms with van der Waals surface area (Å²) in [6, 6.07) is 7.25. The molecule has 0 saturated heterocycles. The van der Waals surface area contributed by atoms with Gasteiger partial charge in [0.05, 0.1) is 7.11 Å². The van der Waals surface area contributed by atoms with E-state index in [9.17, 15) is 4.79 Å². The van der Waals surface area contributed by atoms with Crippen LogP contribution in [-0.4, -0.2) is 37.8 Å². The van der Waals surface area contributed by atoms with Gasteiger partial charge in [0.1, 0.15) is 6.54 Å². The number of aromatic nitrogens is 5. The lowest BCUT2D eigenvalue weighted by Crippen LogP contribution is -2.13. The Hall–Kier alpha value is -3.09. The Bertz CT molecular complexity index is 771. The molecule has 7 heteroatoms. The first-order valence-electron chi connectivity index (χ1n) is 6.60. The third kappa shape index (κ3) is 2.83. The van der Waals surface area contributed by atoms with Crippen LogP contribution in [0.5, 0.6) is 0 Å². The predicted octanol–water partition coefficient (Wildman–Crippen LogP) is 1.58. The number of hydrogen-bond acceptors (Lipinski definition) is 6. The predicted molar refractivity (Wildman–Crippen MR) is 78.5 cm³/mol. The van der Waals surface area contributed by atoms with Gasteiger partial charge in [-0.15, -0.1) is 5.10 Å². The van der Waals surface area contributed by atoms with Crippen molar-refractivity contribution >= 4 is 5.97 Å². The van der Waals surface area contributed by atoms with Crippen molar-refractivity contribution in [2.75, 3.05) is 7.11 Å². The fourth-order valence-corrected chi connectivity index (χ4v) is 1.98. The number of methoxy groups -OCH3 is 1. The first-order chi connectivity index (χ1) is 10.8. The average Bonchev–Trinajstić information content (AvgIpc) is 3.00. The Kier molecular flexibility index (Phi) is 3.86. The molecular weight excluding hydrogens is 282 g/mol. The first kappa shape index (κ1) is 13.9. The van der Waals surface area contributed by atoms with Gasteiger partial charge in [-0.2, -0.15) is 0 Å². The minimum Gasteiger partial charge on any atom is -0.468 e. The summed E-state index contributed by atoms with van der Waals surface area (Å²) in [5, 5.41) is 4.40. The average molecular weight is 295 g/mol. The van der Waals surface area contributed by atoms with Gasteiger partial charge in [0.25, 0.3) is 0 Å². The Morgan fingerprint density at radius 1 is 1.05 bits per heavy atom. The van der Waals surface area contributed by atoms with Crippen LogP contribution in [0.4, 0.5) is 0 Å². The Labute approximate surface area is 126 Å². The second kappa shape index (κ2) is 6.13. The molecule has 0 aliphatic heterocycles. The molecule has 0 aromatic carbocycles. The van der Waals surface area contributed by atoms with E-state index in [4.69, 9.17) is 4.74 Å². The molecule has 0 bridgehead atoms. The topological polar surface area (TPSA) is 82.8 Å².